The van der Waals surface area contributed by atoms with Crippen molar-refractivity contribution < 1.29 is 14.4 Å². The molecule has 1 N–H and O–H groups in total. The molecule has 1 aliphatic carbocycles. The van der Waals surface area contributed by atoms with Crippen LogP contribution in [0.3, 0.4) is 0 Å². The molecule has 1 aliphatic heterocycles. The summed E-state index contributed by atoms with van der Waals surface area (Å²) in [4.78, 5) is 39.2. The van der Waals surface area contributed by atoms with Crippen LogP contribution in [0, 0.1) is 5.41 Å². The predicted molar refractivity (Wildman–Crippen MR) is 69.3 cm³/mol. The van der Waals surface area contributed by atoms with Crippen molar-refractivity contribution in [3.8, 4) is 0 Å². The molecule has 0 aromatic heterocycles. The topological polar surface area (TPSA) is 69.7 Å². The van der Waals surface area contributed by atoms with E-state index in [-0.39, 0.29) is 5.54 Å². The third kappa shape index (κ3) is 2.04. The molecule has 0 atom stereocenters. The zero-order chi connectivity index (χ0) is 14.4. The fourth-order valence-electron chi connectivity index (χ4n) is 2.62. The monoisotopic (exact) mass is 267 g/mol. The predicted octanol–water partition coefficient (Wildman–Crippen LogP) is 0.575. The summed E-state index contributed by atoms with van der Waals surface area (Å²) < 4.78 is 0. The van der Waals surface area contributed by atoms with Gasteiger partial charge in [-0.2, -0.15) is 0 Å². The Morgan fingerprint density at radius 3 is 2.21 bits per heavy atom. The van der Waals surface area contributed by atoms with E-state index in [0.717, 1.165) is 19.3 Å². The quantitative estimate of drug-likeness (QED) is 0.759. The molecule has 0 bridgehead atoms. The summed E-state index contributed by atoms with van der Waals surface area (Å²) in [6.45, 7) is 3.45. The highest BCUT2D eigenvalue weighted by Crippen LogP contribution is 2.38. The summed E-state index contributed by atoms with van der Waals surface area (Å²) in [6, 6.07) is -0.595. The molecule has 1 heterocycles. The molecule has 2 fully saturated rings. The first-order chi connectivity index (χ1) is 8.70. The van der Waals surface area contributed by atoms with E-state index in [1.807, 2.05) is 14.1 Å². The fourth-order valence-corrected chi connectivity index (χ4v) is 2.62. The van der Waals surface area contributed by atoms with E-state index in [1.165, 1.54) is 4.90 Å². The molecule has 0 aromatic carbocycles. The average Bonchev–Trinajstić information content (AvgIpc) is 2.24. The molecule has 1 saturated heterocycles. The lowest BCUT2D eigenvalue weighted by atomic mass is 9.74. The van der Waals surface area contributed by atoms with Gasteiger partial charge in [-0.1, -0.05) is 0 Å². The largest absolute Gasteiger partial charge is 0.330 e. The molecular weight excluding hydrogens is 246 g/mol. The lowest BCUT2D eigenvalue weighted by molar-refractivity contribution is -0.150. The molecule has 0 radical (unpaired) electrons. The number of likely N-dealkylation sites (N-methyl/N-ethyl adjacent to an activating group) is 1. The van der Waals surface area contributed by atoms with Gasteiger partial charge in [-0.25, -0.2) is 4.79 Å². The van der Waals surface area contributed by atoms with Crippen LogP contribution in [0.15, 0.2) is 0 Å². The molecule has 19 heavy (non-hydrogen) atoms. The van der Waals surface area contributed by atoms with Crippen LogP contribution in [0.4, 0.5) is 4.79 Å². The first kappa shape index (κ1) is 14.0. The van der Waals surface area contributed by atoms with Gasteiger partial charge < -0.3 is 4.90 Å². The summed E-state index contributed by atoms with van der Waals surface area (Å²) in [5.41, 5.74) is -1.31. The maximum absolute atomic E-state index is 12.3. The highest BCUT2D eigenvalue weighted by molar-refractivity contribution is 6.18. The van der Waals surface area contributed by atoms with E-state index in [9.17, 15) is 14.4 Å². The van der Waals surface area contributed by atoms with Gasteiger partial charge in [0.2, 0.25) is 11.8 Å². The highest BCUT2D eigenvalue weighted by Gasteiger charge is 2.51. The standard InChI is InChI=1S/C13H21N3O3/c1-12(2)9(17)14-11(19)16(10(12)18)8-13(15(3)4)6-5-7-13/h5-8H2,1-4H3,(H,14,17,19). The molecule has 2 rings (SSSR count). The maximum atomic E-state index is 12.3. The van der Waals surface area contributed by atoms with Gasteiger partial charge in [-0.3, -0.25) is 19.8 Å². The normalized spacial score (nSPS) is 25.3. The fraction of sp³-hybridized carbons (Fsp3) is 0.769. The zero-order valence-corrected chi connectivity index (χ0v) is 11.9. The smallest absolute Gasteiger partial charge is 0.302 e. The number of nitrogens with one attached hydrogen (secondary N) is 1. The molecule has 6 heteroatoms. The Morgan fingerprint density at radius 1 is 1.21 bits per heavy atom. The van der Waals surface area contributed by atoms with Gasteiger partial charge in [0.15, 0.2) is 0 Å². The van der Waals surface area contributed by atoms with E-state index < -0.39 is 23.3 Å². The Labute approximate surface area is 113 Å². The van der Waals surface area contributed by atoms with Crippen molar-refractivity contribution in [3.05, 3.63) is 0 Å². The Bertz CT molecular complexity index is 438. The number of rotatable bonds is 3. The van der Waals surface area contributed by atoms with Crippen LogP contribution >= 0.6 is 0 Å². The Hall–Kier alpha value is -1.43. The van der Waals surface area contributed by atoms with E-state index in [0.29, 0.717) is 6.54 Å². The van der Waals surface area contributed by atoms with Crippen LogP contribution < -0.4 is 5.32 Å². The average molecular weight is 267 g/mol. The minimum atomic E-state index is -1.18. The number of amides is 4. The van der Waals surface area contributed by atoms with Gasteiger partial charge in [0.05, 0.1) is 0 Å². The van der Waals surface area contributed by atoms with Crippen LogP contribution in [0.5, 0.6) is 0 Å². The van der Waals surface area contributed by atoms with Crippen molar-refractivity contribution in [3.63, 3.8) is 0 Å². The van der Waals surface area contributed by atoms with Crippen molar-refractivity contribution in [2.24, 2.45) is 5.41 Å². The lowest BCUT2D eigenvalue weighted by Crippen LogP contribution is -2.67. The minimum Gasteiger partial charge on any atom is -0.302 e. The lowest BCUT2D eigenvalue weighted by Gasteiger charge is -2.50. The molecule has 1 saturated carbocycles. The van der Waals surface area contributed by atoms with Crippen LogP contribution in [0.1, 0.15) is 33.1 Å². The molecule has 2 aliphatic rings. The first-order valence-electron chi connectivity index (χ1n) is 6.55. The molecule has 4 amide bonds. The summed E-state index contributed by atoms with van der Waals surface area (Å²) in [7, 11) is 3.92. The van der Waals surface area contributed by atoms with Crippen molar-refractivity contribution >= 4 is 17.8 Å². The van der Waals surface area contributed by atoms with Gasteiger partial charge in [0, 0.05) is 12.1 Å². The van der Waals surface area contributed by atoms with Crippen LogP contribution in [0.25, 0.3) is 0 Å². The van der Waals surface area contributed by atoms with Crippen LogP contribution in [-0.2, 0) is 9.59 Å². The summed E-state index contributed by atoms with van der Waals surface area (Å²) in [6.07, 6.45) is 3.03. The second-order valence-electron chi connectivity index (χ2n) is 6.25. The van der Waals surface area contributed by atoms with Crippen LogP contribution in [0.2, 0.25) is 0 Å². The van der Waals surface area contributed by atoms with Crippen LogP contribution in [-0.4, -0.2) is 53.8 Å². The van der Waals surface area contributed by atoms with Crippen molar-refractivity contribution in [1.29, 1.82) is 0 Å². The van der Waals surface area contributed by atoms with Crippen molar-refractivity contribution in [1.82, 2.24) is 15.1 Å². The van der Waals surface area contributed by atoms with Gasteiger partial charge in [-0.15, -0.1) is 0 Å². The van der Waals surface area contributed by atoms with E-state index in [4.69, 9.17) is 0 Å². The molecule has 0 spiro atoms. The van der Waals surface area contributed by atoms with Gasteiger partial charge in [-0.05, 0) is 47.2 Å². The highest BCUT2D eigenvalue weighted by atomic mass is 16.2. The second kappa shape index (κ2) is 4.30. The number of carbonyl (C=O) groups is 3. The van der Waals surface area contributed by atoms with E-state index in [1.54, 1.807) is 13.8 Å². The summed E-state index contributed by atoms with van der Waals surface area (Å²) in [5.74, 6) is -0.930. The van der Waals surface area contributed by atoms with Gasteiger partial charge in [0.25, 0.3) is 0 Å². The number of imide groups is 2. The maximum Gasteiger partial charge on any atom is 0.330 e. The SMILES string of the molecule is CN(C)C1(CN2C(=O)NC(=O)C(C)(C)C2=O)CCC1. The van der Waals surface area contributed by atoms with Crippen molar-refractivity contribution in [2.45, 2.75) is 38.6 Å². The molecule has 0 unspecified atom stereocenters. The van der Waals surface area contributed by atoms with E-state index in [2.05, 4.69) is 10.2 Å². The van der Waals surface area contributed by atoms with Gasteiger partial charge in [0.1, 0.15) is 5.41 Å². The Morgan fingerprint density at radius 2 is 1.79 bits per heavy atom. The number of urea groups is 1. The number of nitrogens with zero attached hydrogens (tertiary/aromatic N) is 2. The third-order valence-corrected chi connectivity index (χ3v) is 4.50. The van der Waals surface area contributed by atoms with E-state index >= 15 is 0 Å². The second-order valence-corrected chi connectivity index (χ2v) is 6.25. The Balaban J connectivity index is 2.22. The third-order valence-electron chi connectivity index (χ3n) is 4.50. The minimum absolute atomic E-state index is 0.135. The summed E-state index contributed by atoms with van der Waals surface area (Å²) in [5, 5.41) is 2.27. The molecule has 6 nitrogen and oxygen atoms in total. The summed E-state index contributed by atoms with van der Waals surface area (Å²) >= 11 is 0. The molecule has 106 valence electrons. The number of carbonyl (C=O) groups excluding carboxylic acids is 3. The molecular formula is C13H21N3O3. The number of hydrogen-bond acceptors (Lipinski definition) is 4. The zero-order valence-electron chi connectivity index (χ0n) is 11.9. The molecule has 0 aromatic rings. The number of hydrogen-bond donors (Lipinski definition) is 1. The number of barbiturate groups is 1. The van der Waals surface area contributed by atoms with Crippen molar-refractivity contribution in [2.75, 3.05) is 20.6 Å². The Kier molecular flexibility index (Phi) is 3.16. The van der Waals surface area contributed by atoms with Gasteiger partial charge >= 0.3 is 6.03 Å². The first-order valence-corrected chi connectivity index (χ1v) is 6.55.